The average molecular weight is 515 g/mol. The van der Waals surface area contributed by atoms with E-state index in [4.69, 9.17) is 17.3 Å². The average Bonchev–Trinajstić information content (AvgIpc) is 3.34. The van der Waals surface area contributed by atoms with Gasteiger partial charge in [-0.25, -0.2) is 0 Å². The van der Waals surface area contributed by atoms with Gasteiger partial charge in [-0.3, -0.25) is 4.90 Å². The number of aliphatic hydroxyl groups is 1. The Hall–Kier alpha value is -1.90. The first-order valence-corrected chi connectivity index (χ1v) is 12.6. The molecule has 1 aromatic carbocycles. The van der Waals surface area contributed by atoms with Gasteiger partial charge in [0.15, 0.2) is 0 Å². The number of benzene rings is 1. The van der Waals surface area contributed by atoms with Gasteiger partial charge in [-0.15, -0.1) is 11.6 Å². The molecule has 1 heterocycles. The van der Waals surface area contributed by atoms with E-state index in [1.165, 1.54) is 6.07 Å². The molecule has 2 fully saturated rings. The van der Waals surface area contributed by atoms with Crippen LogP contribution >= 0.6 is 11.6 Å². The first-order valence-electron chi connectivity index (χ1n) is 12.1. The van der Waals surface area contributed by atoms with Crippen LogP contribution in [0.1, 0.15) is 44.9 Å². The van der Waals surface area contributed by atoms with E-state index < -0.39 is 17.8 Å². The highest BCUT2D eigenvalue weighted by atomic mass is 35.5. The van der Waals surface area contributed by atoms with Gasteiger partial charge in [-0.05, 0) is 56.7 Å². The minimum Gasteiger partial charge on any atom is -0.394 e. The maximum atomic E-state index is 13.4. The zero-order valence-corrected chi connectivity index (χ0v) is 21.7. The maximum absolute atomic E-state index is 13.4. The fourth-order valence-electron chi connectivity index (χ4n) is 6.01. The molecule has 6 atom stereocenters. The molecule has 1 aliphatic carbocycles. The van der Waals surface area contributed by atoms with Crippen LogP contribution in [-0.2, 0) is 6.18 Å². The Bertz CT molecular complexity index is 924. The number of fused-ring (bicyclic) bond motifs is 1. The summed E-state index contributed by atoms with van der Waals surface area (Å²) < 4.78 is 40.2. The standard InChI is InChI=1S/C26H38ClF3N4O/c1-6-33-10-11-34(22(15-35)18-8-7-9-19(12-18)26(28,29)30)17(4)21(14-27)25(5)20(24(25)33)13-23(31)32-16(2)3/h6-9,12-13,16-17,20-22,24,32,35H,1,10-11,14-15,31H2,2-5H3/t17-,20?,21+,22?,24?,25?/m1/s1. The first kappa shape index (κ1) is 27.7. The normalized spacial score (nSPS) is 30.9. The summed E-state index contributed by atoms with van der Waals surface area (Å²) in [7, 11) is 0. The van der Waals surface area contributed by atoms with E-state index in [9.17, 15) is 18.3 Å². The zero-order valence-electron chi connectivity index (χ0n) is 20.9. The molecule has 4 N–H and O–H groups in total. The topological polar surface area (TPSA) is 64.8 Å². The molecule has 3 rings (SSSR count). The Morgan fingerprint density at radius 2 is 2.06 bits per heavy atom. The van der Waals surface area contributed by atoms with Crippen LogP contribution in [0.25, 0.3) is 0 Å². The summed E-state index contributed by atoms with van der Waals surface area (Å²) in [4.78, 5) is 4.28. The minimum atomic E-state index is -4.45. The van der Waals surface area contributed by atoms with E-state index in [1.807, 2.05) is 20.0 Å². The number of halogens is 4. The molecular weight excluding hydrogens is 477 g/mol. The summed E-state index contributed by atoms with van der Waals surface area (Å²) in [5, 5.41) is 13.6. The predicted molar refractivity (Wildman–Crippen MR) is 134 cm³/mol. The van der Waals surface area contributed by atoms with Gasteiger partial charge in [-0.2, -0.15) is 13.2 Å². The molecule has 0 radical (unpaired) electrons. The molecule has 1 saturated carbocycles. The predicted octanol–water partition coefficient (Wildman–Crippen LogP) is 4.55. The molecule has 35 heavy (non-hydrogen) atoms. The summed E-state index contributed by atoms with van der Waals surface area (Å²) in [5.41, 5.74) is 5.78. The van der Waals surface area contributed by atoms with Crippen LogP contribution in [0.5, 0.6) is 0 Å². The molecule has 196 valence electrons. The summed E-state index contributed by atoms with van der Waals surface area (Å²) in [6, 6.07) is 4.93. The molecule has 0 bridgehead atoms. The van der Waals surface area contributed by atoms with Gasteiger partial charge < -0.3 is 21.1 Å². The fourth-order valence-corrected chi connectivity index (χ4v) is 6.60. The molecule has 9 heteroatoms. The lowest BCUT2D eigenvalue weighted by molar-refractivity contribution is -0.137. The van der Waals surface area contributed by atoms with Crippen LogP contribution in [-0.4, -0.2) is 58.6 Å². The number of rotatable bonds is 8. The molecule has 2 aliphatic rings. The van der Waals surface area contributed by atoms with Gasteiger partial charge >= 0.3 is 6.18 Å². The van der Waals surface area contributed by atoms with E-state index in [0.29, 0.717) is 30.4 Å². The first-order chi connectivity index (χ1) is 16.4. The lowest BCUT2D eigenvalue weighted by Crippen LogP contribution is -2.51. The second-order valence-corrected chi connectivity index (χ2v) is 10.5. The quantitative estimate of drug-likeness (QED) is 0.444. The van der Waals surface area contributed by atoms with E-state index >= 15 is 0 Å². The molecule has 0 aromatic heterocycles. The van der Waals surface area contributed by atoms with Crippen molar-refractivity contribution in [3.8, 4) is 0 Å². The Labute approximate surface area is 211 Å². The van der Waals surface area contributed by atoms with Gasteiger partial charge in [-0.1, -0.05) is 25.6 Å². The zero-order chi connectivity index (χ0) is 26.1. The van der Waals surface area contributed by atoms with Gasteiger partial charge in [0.25, 0.3) is 0 Å². The fraction of sp³-hybridized carbons (Fsp3) is 0.615. The third-order valence-corrected chi connectivity index (χ3v) is 8.18. The summed E-state index contributed by atoms with van der Waals surface area (Å²) >= 11 is 6.58. The van der Waals surface area contributed by atoms with Gasteiger partial charge in [0.1, 0.15) is 0 Å². The van der Waals surface area contributed by atoms with Gasteiger partial charge in [0.05, 0.1) is 24.0 Å². The van der Waals surface area contributed by atoms with Gasteiger partial charge in [0, 0.05) is 48.4 Å². The SMILES string of the molecule is C=CN1CCN(C(CO)c2cccc(C(F)(F)F)c2)[C@H](C)[C@H](CCl)C2(C)C(C=C(N)NC(C)C)C12. The molecule has 5 nitrogen and oxygen atoms in total. The van der Waals surface area contributed by atoms with Crippen molar-refractivity contribution in [1.29, 1.82) is 0 Å². The highest BCUT2D eigenvalue weighted by Crippen LogP contribution is 2.63. The van der Waals surface area contributed by atoms with Crippen LogP contribution in [0, 0.1) is 17.3 Å². The maximum Gasteiger partial charge on any atom is 0.416 e. The van der Waals surface area contributed by atoms with Crippen LogP contribution in [0.15, 0.2) is 48.9 Å². The van der Waals surface area contributed by atoms with Crippen LogP contribution in [0.2, 0.25) is 0 Å². The summed E-state index contributed by atoms with van der Waals surface area (Å²) in [6.45, 7) is 13.2. The smallest absolute Gasteiger partial charge is 0.394 e. The van der Waals surface area contributed by atoms with Crippen molar-refractivity contribution >= 4 is 11.6 Å². The van der Waals surface area contributed by atoms with Crippen molar-refractivity contribution in [1.82, 2.24) is 15.1 Å². The lowest BCUT2D eigenvalue weighted by Gasteiger charge is -2.45. The number of nitrogens with one attached hydrogen (secondary N) is 1. The van der Waals surface area contributed by atoms with Crippen molar-refractivity contribution in [3.05, 3.63) is 60.1 Å². The number of aliphatic hydroxyl groups excluding tert-OH is 1. The molecule has 0 amide bonds. The van der Waals surface area contributed by atoms with Crippen molar-refractivity contribution in [2.24, 2.45) is 23.0 Å². The summed E-state index contributed by atoms with van der Waals surface area (Å²) in [5.74, 6) is 1.14. The van der Waals surface area contributed by atoms with Crippen LogP contribution in [0.3, 0.4) is 0 Å². The molecule has 1 saturated heterocycles. The van der Waals surface area contributed by atoms with Gasteiger partial charge in [0.2, 0.25) is 0 Å². The largest absolute Gasteiger partial charge is 0.416 e. The number of nitrogens with zero attached hydrogens (tertiary/aromatic N) is 2. The van der Waals surface area contributed by atoms with Crippen LogP contribution < -0.4 is 11.1 Å². The van der Waals surface area contributed by atoms with Crippen molar-refractivity contribution in [2.45, 2.75) is 58.0 Å². The Morgan fingerprint density at radius 1 is 1.37 bits per heavy atom. The Morgan fingerprint density at radius 3 is 2.60 bits per heavy atom. The number of hydrogen-bond donors (Lipinski definition) is 3. The molecule has 1 aliphatic heterocycles. The van der Waals surface area contributed by atoms with E-state index in [-0.39, 0.29) is 42.0 Å². The molecular formula is C26H38ClF3N4O. The molecule has 0 spiro atoms. The number of alkyl halides is 4. The molecule has 1 aromatic rings. The monoisotopic (exact) mass is 514 g/mol. The third kappa shape index (κ3) is 5.44. The van der Waals surface area contributed by atoms with E-state index in [0.717, 1.165) is 12.1 Å². The molecule has 4 unspecified atom stereocenters. The second kappa shape index (κ2) is 10.6. The second-order valence-electron chi connectivity index (χ2n) is 10.2. The number of nitrogens with two attached hydrogens (primary N) is 1. The third-order valence-electron chi connectivity index (χ3n) is 7.85. The van der Waals surface area contributed by atoms with Crippen LogP contribution in [0.4, 0.5) is 13.2 Å². The van der Waals surface area contributed by atoms with Crippen molar-refractivity contribution in [3.63, 3.8) is 0 Å². The highest BCUT2D eigenvalue weighted by Gasteiger charge is 2.67. The summed E-state index contributed by atoms with van der Waals surface area (Å²) in [6.07, 6.45) is -0.561. The van der Waals surface area contributed by atoms with E-state index in [2.05, 4.69) is 41.6 Å². The lowest BCUT2D eigenvalue weighted by atomic mass is 9.81. The van der Waals surface area contributed by atoms with Crippen molar-refractivity contribution in [2.75, 3.05) is 25.6 Å². The Balaban J connectivity index is 1.98. The Kier molecular flexibility index (Phi) is 8.39. The van der Waals surface area contributed by atoms with E-state index in [1.54, 1.807) is 6.07 Å². The number of hydrogen-bond acceptors (Lipinski definition) is 5. The highest BCUT2D eigenvalue weighted by molar-refractivity contribution is 6.18. The van der Waals surface area contributed by atoms with Crippen molar-refractivity contribution < 1.29 is 18.3 Å². The minimum absolute atomic E-state index is 0.00451.